The van der Waals surface area contributed by atoms with Crippen LogP contribution in [0.15, 0.2) is 30.3 Å². The topological polar surface area (TPSA) is 58.8 Å². The average Bonchev–Trinajstić information content (AvgIpc) is 2.53. The van der Waals surface area contributed by atoms with Crippen LogP contribution >= 0.6 is 0 Å². The summed E-state index contributed by atoms with van der Waals surface area (Å²) in [6.45, 7) is 7.35. The number of benzene rings is 1. The summed E-state index contributed by atoms with van der Waals surface area (Å²) in [6.07, 6.45) is 0. The molecule has 1 fully saturated rings. The van der Waals surface area contributed by atoms with Gasteiger partial charge in [0, 0.05) is 38.8 Å². The molecule has 1 heterocycles. The lowest BCUT2D eigenvalue weighted by molar-refractivity contribution is -0.137. The molecule has 1 aromatic carbocycles. The van der Waals surface area contributed by atoms with Gasteiger partial charge in [-0.15, -0.1) is 0 Å². The van der Waals surface area contributed by atoms with E-state index < -0.39 is 6.04 Å². The van der Waals surface area contributed by atoms with Crippen molar-refractivity contribution in [2.24, 2.45) is 5.73 Å². The molecule has 2 N–H and O–H groups in total. The number of amides is 1. The van der Waals surface area contributed by atoms with Gasteiger partial charge in [0.2, 0.25) is 5.91 Å². The molecular weight excluding hydrogens is 278 g/mol. The Morgan fingerprint density at radius 3 is 2.41 bits per heavy atom. The van der Waals surface area contributed by atoms with Crippen LogP contribution in [0.3, 0.4) is 0 Å². The van der Waals surface area contributed by atoms with Gasteiger partial charge in [-0.25, -0.2) is 0 Å². The maximum atomic E-state index is 12.7. The Hall–Kier alpha value is -1.43. The molecule has 1 amide bonds. The minimum absolute atomic E-state index is 0.0105. The van der Waals surface area contributed by atoms with Crippen molar-refractivity contribution in [2.75, 3.05) is 33.4 Å². The van der Waals surface area contributed by atoms with Crippen LogP contribution in [0.25, 0.3) is 0 Å². The van der Waals surface area contributed by atoms with E-state index in [2.05, 4.69) is 18.7 Å². The van der Waals surface area contributed by atoms with Crippen LogP contribution in [0.4, 0.5) is 0 Å². The van der Waals surface area contributed by atoms with Crippen molar-refractivity contribution < 1.29 is 9.53 Å². The Morgan fingerprint density at radius 2 is 1.86 bits per heavy atom. The van der Waals surface area contributed by atoms with E-state index in [1.165, 1.54) is 0 Å². The van der Waals surface area contributed by atoms with Gasteiger partial charge >= 0.3 is 0 Å². The fourth-order valence-corrected chi connectivity index (χ4v) is 3.17. The number of carbonyl (C=O) groups excluding carboxylic acids is 1. The highest BCUT2D eigenvalue weighted by Gasteiger charge is 2.33. The second-order valence-corrected chi connectivity index (χ2v) is 6.06. The van der Waals surface area contributed by atoms with Crippen molar-refractivity contribution in [1.29, 1.82) is 0 Å². The smallest absolute Gasteiger partial charge is 0.244 e. The molecule has 5 nitrogen and oxygen atoms in total. The average molecular weight is 305 g/mol. The second kappa shape index (κ2) is 7.72. The standard InChI is InChI=1S/C17H27N3O2/c1-13-11-19(12-14(2)20(13)9-10-22-3)17(21)16(18)15-7-5-4-6-8-15/h4-8,13-14,16H,9-12,18H2,1-3H3/t13-,14-,16-/m1/s1. The van der Waals surface area contributed by atoms with Gasteiger partial charge in [0.05, 0.1) is 6.61 Å². The molecule has 0 saturated carbocycles. The maximum absolute atomic E-state index is 12.7. The normalized spacial score (nSPS) is 24.3. The summed E-state index contributed by atoms with van der Waals surface area (Å²) in [5.74, 6) is 0.0105. The Morgan fingerprint density at radius 1 is 1.27 bits per heavy atom. The molecule has 22 heavy (non-hydrogen) atoms. The van der Waals surface area contributed by atoms with Gasteiger partial charge in [-0.1, -0.05) is 30.3 Å². The molecule has 0 radical (unpaired) electrons. The Bertz CT molecular complexity index is 468. The van der Waals surface area contributed by atoms with Crippen LogP contribution in [-0.2, 0) is 9.53 Å². The Labute approximate surface area is 133 Å². The number of ether oxygens (including phenoxy) is 1. The summed E-state index contributed by atoms with van der Waals surface area (Å²) in [7, 11) is 1.72. The van der Waals surface area contributed by atoms with Crippen molar-refractivity contribution in [3.05, 3.63) is 35.9 Å². The molecule has 0 aromatic heterocycles. The first-order valence-corrected chi connectivity index (χ1v) is 7.88. The second-order valence-electron chi connectivity index (χ2n) is 6.06. The van der Waals surface area contributed by atoms with E-state index in [1.54, 1.807) is 7.11 Å². The molecule has 122 valence electrons. The monoisotopic (exact) mass is 305 g/mol. The van der Waals surface area contributed by atoms with E-state index >= 15 is 0 Å². The first kappa shape index (κ1) is 16.9. The number of rotatable bonds is 5. The molecule has 0 aliphatic carbocycles. The molecule has 1 saturated heterocycles. The van der Waals surface area contributed by atoms with Crippen molar-refractivity contribution in [3.8, 4) is 0 Å². The van der Waals surface area contributed by atoms with Crippen molar-refractivity contribution in [1.82, 2.24) is 9.80 Å². The quantitative estimate of drug-likeness (QED) is 0.889. The number of carbonyl (C=O) groups is 1. The van der Waals surface area contributed by atoms with Crippen LogP contribution in [-0.4, -0.2) is 61.1 Å². The van der Waals surface area contributed by atoms with Crippen LogP contribution in [0, 0.1) is 0 Å². The molecule has 0 unspecified atom stereocenters. The van der Waals surface area contributed by atoms with Crippen molar-refractivity contribution >= 4 is 5.91 Å². The third-order valence-electron chi connectivity index (χ3n) is 4.39. The Kier molecular flexibility index (Phi) is 5.94. The molecule has 0 spiro atoms. The third kappa shape index (κ3) is 3.85. The molecular formula is C17H27N3O2. The minimum atomic E-state index is -0.578. The summed E-state index contributed by atoms with van der Waals surface area (Å²) >= 11 is 0. The predicted molar refractivity (Wildman–Crippen MR) is 87.5 cm³/mol. The first-order valence-electron chi connectivity index (χ1n) is 7.88. The number of hydrogen-bond donors (Lipinski definition) is 1. The summed E-state index contributed by atoms with van der Waals surface area (Å²) in [5, 5.41) is 0. The van der Waals surface area contributed by atoms with Crippen LogP contribution < -0.4 is 5.73 Å². The van der Waals surface area contributed by atoms with E-state index in [0.29, 0.717) is 31.8 Å². The fourth-order valence-electron chi connectivity index (χ4n) is 3.17. The van der Waals surface area contributed by atoms with Gasteiger partial charge in [-0.3, -0.25) is 9.69 Å². The highest BCUT2D eigenvalue weighted by molar-refractivity contribution is 5.83. The van der Waals surface area contributed by atoms with Gasteiger partial charge in [-0.05, 0) is 19.4 Å². The largest absolute Gasteiger partial charge is 0.383 e. The lowest BCUT2D eigenvalue weighted by Crippen LogP contribution is -2.59. The summed E-state index contributed by atoms with van der Waals surface area (Å²) in [5.41, 5.74) is 7.02. The van der Waals surface area contributed by atoms with Gasteiger partial charge in [0.1, 0.15) is 6.04 Å². The van der Waals surface area contributed by atoms with Crippen molar-refractivity contribution in [2.45, 2.75) is 32.0 Å². The molecule has 1 aromatic rings. The number of nitrogens with two attached hydrogens (primary N) is 1. The van der Waals surface area contributed by atoms with Crippen molar-refractivity contribution in [3.63, 3.8) is 0 Å². The van der Waals surface area contributed by atoms with E-state index in [-0.39, 0.29) is 5.91 Å². The molecule has 1 aliphatic rings. The minimum Gasteiger partial charge on any atom is -0.383 e. The number of hydrogen-bond acceptors (Lipinski definition) is 4. The highest BCUT2D eigenvalue weighted by Crippen LogP contribution is 2.19. The molecule has 1 aliphatic heterocycles. The SMILES string of the molecule is COCCN1[C@H](C)CN(C(=O)[C@H](N)c2ccccc2)C[C@H]1C. The van der Waals surface area contributed by atoms with Gasteiger partial charge < -0.3 is 15.4 Å². The third-order valence-corrected chi connectivity index (χ3v) is 4.39. The van der Waals surface area contributed by atoms with E-state index in [4.69, 9.17) is 10.5 Å². The van der Waals surface area contributed by atoms with Gasteiger partial charge in [-0.2, -0.15) is 0 Å². The zero-order valence-corrected chi connectivity index (χ0v) is 13.7. The maximum Gasteiger partial charge on any atom is 0.244 e. The Balaban J connectivity index is 2.00. The van der Waals surface area contributed by atoms with Crippen LogP contribution in [0.5, 0.6) is 0 Å². The lowest BCUT2D eigenvalue weighted by atomic mass is 10.0. The van der Waals surface area contributed by atoms with E-state index in [0.717, 1.165) is 12.1 Å². The molecule has 0 bridgehead atoms. The molecule has 3 atom stereocenters. The molecule has 2 rings (SSSR count). The van der Waals surface area contributed by atoms with Crippen LogP contribution in [0.2, 0.25) is 0 Å². The molecule has 5 heteroatoms. The van der Waals surface area contributed by atoms with E-state index in [1.807, 2.05) is 35.2 Å². The fraction of sp³-hybridized carbons (Fsp3) is 0.588. The zero-order chi connectivity index (χ0) is 16.1. The van der Waals surface area contributed by atoms with Gasteiger partial charge in [0.25, 0.3) is 0 Å². The zero-order valence-electron chi connectivity index (χ0n) is 13.7. The number of piperazine rings is 1. The van der Waals surface area contributed by atoms with Crippen LogP contribution in [0.1, 0.15) is 25.5 Å². The summed E-state index contributed by atoms with van der Waals surface area (Å²) < 4.78 is 5.17. The number of methoxy groups -OCH3 is 1. The van der Waals surface area contributed by atoms with Gasteiger partial charge in [0.15, 0.2) is 0 Å². The predicted octanol–water partition coefficient (Wildman–Crippen LogP) is 1.25. The highest BCUT2D eigenvalue weighted by atomic mass is 16.5. The summed E-state index contributed by atoms with van der Waals surface area (Å²) in [4.78, 5) is 17.0. The first-order chi connectivity index (χ1) is 10.5. The number of nitrogens with zero attached hydrogens (tertiary/aromatic N) is 2. The van der Waals surface area contributed by atoms with E-state index in [9.17, 15) is 4.79 Å². The summed E-state index contributed by atoms with van der Waals surface area (Å²) in [6, 6.07) is 9.61. The lowest BCUT2D eigenvalue weighted by Gasteiger charge is -2.45.